The van der Waals surface area contributed by atoms with Gasteiger partial charge in [-0.05, 0) is 127 Å². The molecule has 0 saturated heterocycles. The van der Waals surface area contributed by atoms with Crippen LogP contribution in [0.5, 0.6) is 17.2 Å². The van der Waals surface area contributed by atoms with Gasteiger partial charge in [-0.2, -0.15) is 15.3 Å². The lowest BCUT2D eigenvalue weighted by atomic mass is 10.1. The molecule has 33 heteroatoms. The Morgan fingerprint density at radius 3 is 1.14 bits per heavy atom. The summed E-state index contributed by atoms with van der Waals surface area (Å²) in [5.74, 6) is -1.86. The summed E-state index contributed by atoms with van der Waals surface area (Å²) >= 11 is 0. The molecule has 504 valence electrons. The van der Waals surface area contributed by atoms with Crippen LogP contribution in [-0.4, -0.2) is 173 Å². The molecule has 9 aromatic rings. The molecule has 0 atom stereocenters. The van der Waals surface area contributed by atoms with Crippen LogP contribution in [-0.2, 0) is 34.5 Å². The molecule has 3 heterocycles. The van der Waals surface area contributed by atoms with E-state index in [1.807, 2.05) is 0 Å². The number of nitrogens with zero attached hydrogens (tertiary/aromatic N) is 8. The van der Waals surface area contributed by atoms with Gasteiger partial charge in [0.25, 0.3) is 17.7 Å². The zero-order valence-electron chi connectivity index (χ0n) is 53.9. The predicted octanol–water partition coefficient (Wildman–Crippen LogP) is 7.52. The molecule has 0 saturated carbocycles. The number of fused-ring (bicyclic) bond motifs is 3. The Kier molecular flexibility index (Phi) is 22.2. The van der Waals surface area contributed by atoms with Gasteiger partial charge in [0, 0.05) is 37.3 Å². The standard InChI is InChI=1S/C25H35FN4O5SSi.C19H21FN4O5S.C17H17FN4O4S/c1-25(2,3)37(7,8)35-14-13-29(36(6,32)33)21-16-20-19(15-22(21)34-5)23(24(31)27-4)30(28-20)18-11-9-17(26)10-12-18;1-21-19(26)18-14-10-17(29-2)16(23(8-9-25)30(3,27)28)11-15(14)22-24(18)13-6-4-12(20)5-7-13;1-19-17(23)16-12-8-15(26-2)14(21-27(3,24)25)9-13(12)20-22(16)11-6-4-10(18)5-7-11/h9-12,15-16H,13-14H2,1-8H3,(H,27,31);4-7,10-11,25H,8-9H2,1-3H3,(H,21,26);4-9,21H,1-3H3,(H,19,23). The van der Waals surface area contributed by atoms with E-state index in [0.29, 0.717) is 49.8 Å². The monoisotopic (exact) mass is 1380 g/mol. The number of ether oxygens (including phenoxy) is 3. The molecule has 0 fully saturated rings. The number of benzene rings is 6. The number of sulfonamides is 3. The Morgan fingerprint density at radius 2 is 0.851 bits per heavy atom. The number of rotatable bonds is 21. The SMILES string of the molecule is CNC(=O)c1c2cc(OC)c(N(CCO)S(C)(=O)=O)cc2nn1-c1ccc(F)cc1.CNC(=O)c1c2cc(OC)c(N(CCO[Si](C)(C)C(C)(C)C)S(C)(=O)=O)cc2nn1-c1ccc(F)cc1.CNC(=O)c1c2cc(OC)c(NS(C)(=O)=O)cc2nn1-c1ccc(F)cc1. The number of aliphatic hydroxyl groups excluding tert-OH is 1. The van der Waals surface area contributed by atoms with Crippen molar-refractivity contribution in [2.45, 2.75) is 38.9 Å². The van der Waals surface area contributed by atoms with Gasteiger partial charge in [-0.1, -0.05) is 20.8 Å². The zero-order chi connectivity index (χ0) is 69.6. The van der Waals surface area contributed by atoms with Gasteiger partial charge in [0.05, 0.1) is 117 Å². The van der Waals surface area contributed by atoms with Crippen LogP contribution in [0.25, 0.3) is 49.8 Å². The van der Waals surface area contributed by atoms with Crippen LogP contribution in [0.4, 0.5) is 30.2 Å². The maximum absolute atomic E-state index is 13.5. The number of anilines is 3. The van der Waals surface area contributed by atoms with Gasteiger partial charge in [0.2, 0.25) is 30.1 Å². The molecule has 0 aliphatic rings. The number of aliphatic hydroxyl groups is 1. The summed E-state index contributed by atoms with van der Waals surface area (Å²) in [4.78, 5) is 37.9. The Hall–Kier alpha value is -9.28. The first-order chi connectivity index (χ1) is 44.0. The third kappa shape index (κ3) is 16.2. The molecule has 9 rings (SSSR count). The topological polar surface area (TPSA) is 319 Å². The number of methoxy groups -OCH3 is 3. The van der Waals surface area contributed by atoms with E-state index in [-0.39, 0.29) is 76.1 Å². The summed E-state index contributed by atoms with van der Waals surface area (Å²) < 4.78 is 145. The second-order valence-electron chi connectivity index (χ2n) is 22.5. The molecule has 5 N–H and O–H groups in total. The van der Waals surface area contributed by atoms with Gasteiger partial charge in [-0.3, -0.25) is 27.7 Å². The zero-order valence-corrected chi connectivity index (χ0v) is 57.4. The van der Waals surface area contributed by atoms with Crippen LogP contribution < -0.4 is 43.5 Å². The number of carbonyl (C=O) groups excluding carboxylic acids is 3. The number of halogens is 3. The molecular weight excluding hydrogens is 1310 g/mol. The van der Waals surface area contributed by atoms with Crippen molar-refractivity contribution in [1.29, 1.82) is 0 Å². The molecule has 0 bridgehead atoms. The first-order valence-corrected chi connectivity index (χ1v) is 37.0. The minimum atomic E-state index is -3.72. The van der Waals surface area contributed by atoms with Crippen LogP contribution >= 0.6 is 0 Å². The van der Waals surface area contributed by atoms with Crippen molar-refractivity contribution in [3.8, 4) is 34.3 Å². The minimum absolute atomic E-state index is 0.0248. The van der Waals surface area contributed by atoms with E-state index in [9.17, 15) is 57.9 Å². The van der Waals surface area contributed by atoms with E-state index >= 15 is 0 Å². The van der Waals surface area contributed by atoms with Crippen molar-refractivity contribution < 1.29 is 76.6 Å². The fourth-order valence-corrected chi connectivity index (χ4v) is 12.8. The largest absolute Gasteiger partial charge is 0.495 e. The summed E-state index contributed by atoms with van der Waals surface area (Å²) in [7, 11) is -4.46. The fourth-order valence-electron chi connectivity index (χ4n) is 9.42. The average molecular weight is 1380 g/mol. The predicted molar refractivity (Wildman–Crippen MR) is 356 cm³/mol. The lowest BCUT2D eigenvalue weighted by Crippen LogP contribution is -2.43. The summed E-state index contributed by atoms with van der Waals surface area (Å²) in [5, 5.41) is 31.7. The van der Waals surface area contributed by atoms with Gasteiger partial charge < -0.3 is 39.7 Å². The van der Waals surface area contributed by atoms with Gasteiger partial charge in [0.15, 0.2) is 8.32 Å². The second-order valence-corrected chi connectivity index (χ2v) is 32.8. The summed E-state index contributed by atoms with van der Waals surface area (Å²) in [6.07, 6.45) is 3.15. The fraction of sp³-hybridized carbons (Fsp3) is 0.311. The van der Waals surface area contributed by atoms with E-state index in [1.165, 1.54) is 158 Å². The van der Waals surface area contributed by atoms with Crippen molar-refractivity contribution in [2.24, 2.45) is 0 Å². The van der Waals surface area contributed by atoms with E-state index in [2.05, 4.69) is 69.8 Å². The second kappa shape index (κ2) is 28.9. The van der Waals surface area contributed by atoms with E-state index in [1.54, 1.807) is 12.1 Å². The van der Waals surface area contributed by atoms with Crippen LogP contribution in [0.2, 0.25) is 18.1 Å². The molecule has 26 nitrogen and oxygen atoms in total. The van der Waals surface area contributed by atoms with Crippen LogP contribution in [0.3, 0.4) is 0 Å². The van der Waals surface area contributed by atoms with Crippen LogP contribution in [0, 0.1) is 17.5 Å². The lowest BCUT2D eigenvalue weighted by Gasteiger charge is -2.36. The highest BCUT2D eigenvalue weighted by atomic mass is 32.2. The number of hydrogen-bond acceptors (Lipinski definition) is 17. The maximum atomic E-state index is 13.5. The molecule has 0 aliphatic heterocycles. The molecular formula is C61H73F3N12O14S3Si. The first kappa shape index (κ1) is 72.1. The molecule has 0 unspecified atom stereocenters. The maximum Gasteiger partial charge on any atom is 0.270 e. The summed E-state index contributed by atoms with van der Waals surface area (Å²) in [5.41, 5.74) is 3.70. The average Bonchev–Trinajstić information content (AvgIpc) is 1.60. The normalized spacial score (nSPS) is 11.9. The Labute approximate surface area is 542 Å². The molecule has 3 aromatic heterocycles. The first-order valence-electron chi connectivity index (χ1n) is 28.5. The number of nitrogens with one attached hydrogen (secondary N) is 4. The van der Waals surface area contributed by atoms with Gasteiger partial charge >= 0.3 is 0 Å². The number of hydrogen-bond donors (Lipinski definition) is 5. The summed E-state index contributed by atoms with van der Waals surface area (Å²) in [6.45, 7) is 10.3. The molecule has 3 amide bonds. The van der Waals surface area contributed by atoms with Gasteiger partial charge in [-0.25, -0.2) is 52.5 Å². The van der Waals surface area contributed by atoms with E-state index in [4.69, 9.17) is 18.6 Å². The Morgan fingerprint density at radius 1 is 0.532 bits per heavy atom. The number of amides is 3. The highest BCUT2D eigenvalue weighted by molar-refractivity contribution is 7.92. The quantitative estimate of drug-likeness (QED) is 0.0434. The van der Waals surface area contributed by atoms with Crippen molar-refractivity contribution in [3.63, 3.8) is 0 Å². The minimum Gasteiger partial charge on any atom is -0.495 e. The van der Waals surface area contributed by atoms with Gasteiger partial charge in [-0.15, -0.1) is 0 Å². The van der Waals surface area contributed by atoms with E-state index < -0.39 is 80.2 Å². The molecule has 0 aliphatic carbocycles. The molecule has 94 heavy (non-hydrogen) atoms. The Bertz CT molecular complexity index is 4640. The number of aromatic nitrogens is 6. The smallest absolute Gasteiger partial charge is 0.270 e. The number of carbonyl (C=O) groups is 3. The van der Waals surface area contributed by atoms with E-state index in [0.717, 1.165) is 23.1 Å². The lowest BCUT2D eigenvalue weighted by molar-refractivity contribution is 0.0949. The van der Waals surface area contributed by atoms with Crippen LogP contribution in [0.1, 0.15) is 52.2 Å². The molecule has 0 spiro atoms. The molecule has 6 aromatic carbocycles. The van der Waals surface area contributed by atoms with Crippen molar-refractivity contribution in [3.05, 3.63) is 144 Å². The van der Waals surface area contributed by atoms with Crippen LogP contribution in [0.15, 0.2) is 109 Å². The van der Waals surface area contributed by atoms with Crippen molar-refractivity contribution in [2.75, 3.05) is 101 Å². The van der Waals surface area contributed by atoms with Crippen molar-refractivity contribution >= 4 is 106 Å². The highest BCUT2D eigenvalue weighted by Gasteiger charge is 2.38. The third-order valence-electron chi connectivity index (χ3n) is 15.0. The van der Waals surface area contributed by atoms with Crippen molar-refractivity contribution in [1.82, 2.24) is 45.3 Å². The van der Waals surface area contributed by atoms with Gasteiger partial charge in [0.1, 0.15) is 51.8 Å². The third-order valence-corrected chi connectivity index (χ3v) is 22.5. The summed E-state index contributed by atoms with van der Waals surface area (Å²) in [6, 6.07) is 25.6. The molecule has 0 radical (unpaired) electrons. The Balaban J connectivity index is 0.000000202. The highest BCUT2D eigenvalue weighted by Crippen LogP contribution is 2.40.